The lowest BCUT2D eigenvalue weighted by Crippen LogP contribution is -2.40. The molecule has 1 heterocycles. The van der Waals surface area contributed by atoms with E-state index in [1.165, 1.54) is 12.8 Å². The molecule has 0 aromatic heterocycles. The highest BCUT2D eigenvalue weighted by atomic mass is 16.5. The molecule has 1 aliphatic rings. The van der Waals surface area contributed by atoms with Crippen LogP contribution in [0.2, 0.25) is 0 Å². The molecule has 1 aliphatic heterocycles. The first kappa shape index (κ1) is 12.0. The summed E-state index contributed by atoms with van der Waals surface area (Å²) in [5.41, 5.74) is -0.620. The molecule has 0 amide bonds. The van der Waals surface area contributed by atoms with Crippen molar-refractivity contribution in [2.45, 2.75) is 57.8 Å². The van der Waals surface area contributed by atoms with Crippen molar-refractivity contribution in [1.29, 1.82) is 0 Å². The molecule has 0 aliphatic carbocycles. The number of aliphatic hydroxyl groups is 1. The number of rotatable bonds is 5. The molecule has 1 saturated heterocycles. The fraction of sp³-hybridized carbons (Fsp3) is 1.00. The maximum Gasteiger partial charge on any atom is 0.0715 e. The van der Waals surface area contributed by atoms with Crippen LogP contribution in [0.25, 0.3) is 0 Å². The maximum atomic E-state index is 9.53. The minimum atomic E-state index is -0.620. The first-order chi connectivity index (χ1) is 6.47. The van der Waals surface area contributed by atoms with Crippen molar-refractivity contribution in [2.75, 3.05) is 13.2 Å². The van der Waals surface area contributed by atoms with Crippen LogP contribution in [-0.2, 0) is 4.74 Å². The van der Waals surface area contributed by atoms with Gasteiger partial charge in [0.15, 0.2) is 0 Å². The molecule has 1 rings (SSSR count). The predicted octanol–water partition coefficient (Wildman–Crippen LogP) is 1.30. The van der Waals surface area contributed by atoms with Crippen LogP contribution in [0.5, 0.6) is 0 Å². The van der Waals surface area contributed by atoms with Gasteiger partial charge >= 0.3 is 0 Å². The standard InChI is InChI=1S/C11H23NO2/c1-9(12-8-11(2,3)13)7-10-5-4-6-14-10/h9-10,12-13H,4-8H2,1-3H3. The highest BCUT2D eigenvalue weighted by molar-refractivity contribution is 4.75. The number of ether oxygens (including phenoxy) is 1. The Balaban J connectivity index is 2.12. The highest BCUT2D eigenvalue weighted by Gasteiger charge is 2.19. The minimum absolute atomic E-state index is 0.421. The van der Waals surface area contributed by atoms with Crippen LogP contribution in [-0.4, -0.2) is 36.0 Å². The van der Waals surface area contributed by atoms with E-state index in [1.807, 2.05) is 13.8 Å². The Morgan fingerprint density at radius 3 is 2.79 bits per heavy atom. The second-order valence-corrected chi connectivity index (χ2v) is 4.97. The molecule has 0 spiro atoms. The molecule has 1 fully saturated rings. The zero-order valence-corrected chi connectivity index (χ0v) is 9.55. The fourth-order valence-electron chi connectivity index (χ4n) is 1.73. The molecular formula is C11H23NO2. The maximum absolute atomic E-state index is 9.53. The lowest BCUT2D eigenvalue weighted by molar-refractivity contribution is 0.0676. The summed E-state index contributed by atoms with van der Waals surface area (Å²) >= 11 is 0. The summed E-state index contributed by atoms with van der Waals surface area (Å²) in [7, 11) is 0. The summed E-state index contributed by atoms with van der Waals surface area (Å²) in [6.45, 7) is 7.34. The van der Waals surface area contributed by atoms with Crippen molar-refractivity contribution in [3.63, 3.8) is 0 Å². The molecule has 0 aromatic rings. The lowest BCUT2D eigenvalue weighted by Gasteiger charge is -2.23. The summed E-state index contributed by atoms with van der Waals surface area (Å²) in [6, 6.07) is 0.421. The van der Waals surface area contributed by atoms with E-state index in [4.69, 9.17) is 4.74 Å². The molecule has 0 saturated carbocycles. The van der Waals surface area contributed by atoms with Crippen LogP contribution in [0.15, 0.2) is 0 Å². The van der Waals surface area contributed by atoms with Crippen LogP contribution in [0.4, 0.5) is 0 Å². The van der Waals surface area contributed by atoms with E-state index in [0.717, 1.165) is 13.0 Å². The normalized spacial score (nSPS) is 25.3. The number of hydrogen-bond acceptors (Lipinski definition) is 3. The van der Waals surface area contributed by atoms with Crippen molar-refractivity contribution in [3.8, 4) is 0 Å². The average Bonchev–Trinajstić information content (AvgIpc) is 2.52. The molecular weight excluding hydrogens is 178 g/mol. The molecule has 0 aromatic carbocycles. The topological polar surface area (TPSA) is 41.5 Å². The molecule has 0 radical (unpaired) electrons. The Hall–Kier alpha value is -0.120. The summed E-state index contributed by atoms with van der Waals surface area (Å²) in [5, 5.41) is 12.9. The van der Waals surface area contributed by atoms with Gasteiger partial charge in [-0.3, -0.25) is 0 Å². The number of hydrogen-bond donors (Lipinski definition) is 2. The van der Waals surface area contributed by atoms with Crippen LogP contribution >= 0.6 is 0 Å². The van der Waals surface area contributed by atoms with Gasteiger partial charge in [0.1, 0.15) is 0 Å². The number of nitrogens with one attached hydrogen (secondary N) is 1. The Labute approximate surface area is 86.8 Å². The van der Waals surface area contributed by atoms with Gasteiger partial charge in [0, 0.05) is 19.2 Å². The van der Waals surface area contributed by atoms with Crippen LogP contribution in [0.1, 0.15) is 40.0 Å². The Morgan fingerprint density at radius 1 is 1.57 bits per heavy atom. The lowest BCUT2D eigenvalue weighted by atomic mass is 10.1. The first-order valence-electron chi connectivity index (χ1n) is 5.55. The quantitative estimate of drug-likeness (QED) is 0.704. The van der Waals surface area contributed by atoms with Gasteiger partial charge in [0.25, 0.3) is 0 Å². The van der Waals surface area contributed by atoms with Gasteiger partial charge in [-0.05, 0) is 40.0 Å². The van der Waals surface area contributed by atoms with Gasteiger partial charge in [-0.2, -0.15) is 0 Å². The minimum Gasteiger partial charge on any atom is -0.389 e. The van der Waals surface area contributed by atoms with Crippen molar-refractivity contribution < 1.29 is 9.84 Å². The molecule has 2 unspecified atom stereocenters. The molecule has 14 heavy (non-hydrogen) atoms. The summed E-state index contributed by atoms with van der Waals surface area (Å²) < 4.78 is 5.55. The first-order valence-corrected chi connectivity index (χ1v) is 5.55. The molecule has 2 atom stereocenters. The van der Waals surface area contributed by atoms with E-state index in [9.17, 15) is 5.11 Å². The third kappa shape index (κ3) is 4.94. The smallest absolute Gasteiger partial charge is 0.0715 e. The van der Waals surface area contributed by atoms with Crippen LogP contribution in [0.3, 0.4) is 0 Å². The van der Waals surface area contributed by atoms with Crippen molar-refractivity contribution in [2.24, 2.45) is 0 Å². The van der Waals surface area contributed by atoms with E-state index in [2.05, 4.69) is 12.2 Å². The van der Waals surface area contributed by atoms with Gasteiger partial charge in [-0.1, -0.05) is 0 Å². The van der Waals surface area contributed by atoms with Crippen LogP contribution < -0.4 is 5.32 Å². The third-order valence-electron chi connectivity index (χ3n) is 2.52. The summed E-state index contributed by atoms with van der Waals surface area (Å²) in [6.07, 6.45) is 3.87. The van der Waals surface area contributed by atoms with E-state index in [1.54, 1.807) is 0 Å². The Morgan fingerprint density at radius 2 is 2.29 bits per heavy atom. The predicted molar refractivity (Wildman–Crippen MR) is 57.4 cm³/mol. The van der Waals surface area contributed by atoms with Gasteiger partial charge in [0.2, 0.25) is 0 Å². The average molecular weight is 201 g/mol. The van der Waals surface area contributed by atoms with Crippen molar-refractivity contribution in [3.05, 3.63) is 0 Å². The van der Waals surface area contributed by atoms with Gasteiger partial charge in [-0.15, -0.1) is 0 Å². The molecule has 84 valence electrons. The molecule has 3 heteroatoms. The van der Waals surface area contributed by atoms with Crippen LogP contribution in [0, 0.1) is 0 Å². The van der Waals surface area contributed by atoms with Crippen molar-refractivity contribution in [1.82, 2.24) is 5.32 Å². The second kappa shape index (κ2) is 5.10. The summed E-state index contributed by atoms with van der Waals surface area (Å²) in [5.74, 6) is 0. The van der Waals surface area contributed by atoms with Gasteiger partial charge in [-0.25, -0.2) is 0 Å². The summed E-state index contributed by atoms with van der Waals surface area (Å²) in [4.78, 5) is 0. The van der Waals surface area contributed by atoms with E-state index < -0.39 is 5.60 Å². The zero-order chi connectivity index (χ0) is 10.6. The molecule has 0 bridgehead atoms. The SMILES string of the molecule is CC(CC1CCCO1)NCC(C)(C)O. The Kier molecular flexibility index (Phi) is 4.35. The fourth-order valence-corrected chi connectivity index (χ4v) is 1.73. The second-order valence-electron chi connectivity index (χ2n) is 4.97. The third-order valence-corrected chi connectivity index (χ3v) is 2.52. The van der Waals surface area contributed by atoms with Crippen molar-refractivity contribution >= 4 is 0 Å². The molecule has 3 nitrogen and oxygen atoms in total. The van der Waals surface area contributed by atoms with E-state index >= 15 is 0 Å². The van der Waals surface area contributed by atoms with Gasteiger partial charge < -0.3 is 15.2 Å². The largest absolute Gasteiger partial charge is 0.389 e. The van der Waals surface area contributed by atoms with E-state index in [0.29, 0.717) is 18.7 Å². The zero-order valence-electron chi connectivity index (χ0n) is 9.55. The Bertz CT molecular complexity index is 159. The molecule has 2 N–H and O–H groups in total. The monoisotopic (exact) mass is 201 g/mol. The van der Waals surface area contributed by atoms with E-state index in [-0.39, 0.29) is 0 Å². The van der Waals surface area contributed by atoms with Gasteiger partial charge in [0.05, 0.1) is 11.7 Å². The highest BCUT2D eigenvalue weighted by Crippen LogP contribution is 2.16.